The van der Waals surface area contributed by atoms with Crippen LogP contribution in [0.15, 0.2) is 42.5 Å². The molecule has 146 valence electrons. The maximum atomic E-state index is 12.5. The zero-order chi connectivity index (χ0) is 20.7. The van der Waals surface area contributed by atoms with Gasteiger partial charge in [0.2, 0.25) is 0 Å². The van der Waals surface area contributed by atoms with Gasteiger partial charge in [-0.05, 0) is 67.8 Å². The van der Waals surface area contributed by atoms with E-state index >= 15 is 0 Å². The number of hydrogen-bond donors (Lipinski definition) is 4. The molecular weight excluding hydrogens is 366 g/mol. The summed E-state index contributed by atoms with van der Waals surface area (Å²) in [5.41, 5.74) is 12.4. The van der Waals surface area contributed by atoms with Crippen molar-refractivity contribution in [3.05, 3.63) is 64.7 Å². The SMILES string of the molecule is Cc1ccc(NC(=O)c2cccc(O)c2)cc1-c1nc2[nH]nc(N)c2c(C)c1C. The van der Waals surface area contributed by atoms with E-state index in [1.165, 1.54) is 12.1 Å². The number of carbonyl (C=O) groups is 1. The van der Waals surface area contributed by atoms with E-state index in [9.17, 15) is 9.90 Å². The molecule has 2 aromatic carbocycles. The number of nitrogens with two attached hydrogens (primary N) is 1. The number of phenolic OH excluding ortho intramolecular Hbond substituents is 1. The molecule has 2 aromatic heterocycles. The molecule has 0 spiro atoms. The quantitative estimate of drug-likeness (QED) is 0.422. The second-order valence-corrected chi connectivity index (χ2v) is 7.08. The first-order valence-electron chi connectivity index (χ1n) is 9.17. The summed E-state index contributed by atoms with van der Waals surface area (Å²) in [7, 11) is 0. The minimum Gasteiger partial charge on any atom is -0.508 e. The molecule has 7 heteroatoms. The number of H-pyrrole nitrogens is 1. The number of amides is 1. The molecule has 7 nitrogen and oxygen atoms in total. The fraction of sp³-hybridized carbons (Fsp3) is 0.136. The predicted octanol–water partition coefficient (Wildman–Crippen LogP) is 4.09. The van der Waals surface area contributed by atoms with Gasteiger partial charge in [-0.15, -0.1) is 0 Å². The molecule has 0 unspecified atom stereocenters. The Kier molecular flexibility index (Phi) is 4.43. The Morgan fingerprint density at radius 1 is 1.10 bits per heavy atom. The second-order valence-electron chi connectivity index (χ2n) is 7.08. The maximum absolute atomic E-state index is 12.5. The number of nitrogens with zero attached hydrogens (tertiary/aromatic N) is 2. The van der Waals surface area contributed by atoms with Crippen LogP contribution in [-0.4, -0.2) is 26.2 Å². The zero-order valence-electron chi connectivity index (χ0n) is 16.4. The van der Waals surface area contributed by atoms with Gasteiger partial charge in [-0.25, -0.2) is 4.98 Å². The van der Waals surface area contributed by atoms with Crippen LogP contribution in [0.2, 0.25) is 0 Å². The number of pyridine rings is 1. The number of carbonyl (C=O) groups excluding carboxylic acids is 1. The topological polar surface area (TPSA) is 117 Å². The van der Waals surface area contributed by atoms with E-state index in [1.807, 2.05) is 39.0 Å². The third-order valence-corrected chi connectivity index (χ3v) is 5.15. The molecule has 4 aromatic rings. The van der Waals surface area contributed by atoms with Crippen molar-refractivity contribution >= 4 is 28.4 Å². The number of rotatable bonds is 3. The van der Waals surface area contributed by atoms with Crippen molar-refractivity contribution in [2.75, 3.05) is 11.1 Å². The normalized spacial score (nSPS) is 11.0. The monoisotopic (exact) mass is 387 g/mol. The number of aromatic nitrogens is 3. The Balaban J connectivity index is 1.75. The smallest absolute Gasteiger partial charge is 0.255 e. The van der Waals surface area contributed by atoms with E-state index in [4.69, 9.17) is 10.7 Å². The molecule has 29 heavy (non-hydrogen) atoms. The van der Waals surface area contributed by atoms with Gasteiger partial charge in [0, 0.05) is 16.8 Å². The van der Waals surface area contributed by atoms with Gasteiger partial charge in [-0.2, -0.15) is 5.10 Å². The predicted molar refractivity (Wildman–Crippen MR) is 114 cm³/mol. The summed E-state index contributed by atoms with van der Waals surface area (Å²) in [6.45, 7) is 6.00. The summed E-state index contributed by atoms with van der Waals surface area (Å²) in [6.07, 6.45) is 0. The van der Waals surface area contributed by atoms with Gasteiger partial charge in [0.25, 0.3) is 5.91 Å². The summed E-state index contributed by atoms with van der Waals surface area (Å²) in [5, 5.41) is 20.3. The van der Waals surface area contributed by atoms with Gasteiger partial charge in [-0.1, -0.05) is 12.1 Å². The van der Waals surface area contributed by atoms with Crippen LogP contribution in [0.3, 0.4) is 0 Å². The van der Waals surface area contributed by atoms with Gasteiger partial charge < -0.3 is 16.2 Å². The van der Waals surface area contributed by atoms with E-state index in [0.717, 1.165) is 33.3 Å². The highest BCUT2D eigenvalue weighted by Gasteiger charge is 2.17. The fourth-order valence-electron chi connectivity index (χ4n) is 3.43. The molecule has 0 bridgehead atoms. The Morgan fingerprint density at radius 3 is 2.66 bits per heavy atom. The van der Waals surface area contributed by atoms with Crippen molar-refractivity contribution in [3.63, 3.8) is 0 Å². The number of benzene rings is 2. The molecule has 5 N–H and O–H groups in total. The Hall–Kier alpha value is -3.87. The van der Waals surface area contributed by atoms with Crippen molar-refractivity contribution in [2.24, 2.45) is 0 Å². The van der Waals surface area contributed by atoms with E-state index in [2.05, 4.69) is 15.5 Å². The van der Waals surface area contributed by atoms with Crippen LogP contribution in [0.5, 0.6) is 5.75 Å². The standard InChI is InChI=1S/C22H21N5O2/c1-11-7-8-15(24-22(29)14-5-4-6-16(28)9-14)10-17(11)19-13(3)12(2)18-20(23)26-27-21(18)25-19/h4-10,28H,1-3H3,(H,24,29)(H3,23,25,26,27). The number of aryl methyl sites for hydroxylation is 2. The van der Waals surface area contributed by atoms with Crippen LogP contribution in [0.25, 0.3) is 22.3 Å². The number of nitrogen functional groups attached to an aromatic ring is 1. The van der Waals surface area contributed by atoms with Crippen LogP contribution < -0.4 is 11.1 Å². The van der Waals surface area contributed by atoms with E-state index in [-0.39, 0.29) is 11.7 Å². The van der Waals surface area contributed by atoms with Crippen LogP contribution in [0.4, 0.5) is 11.5 Å². The van der Waals surface area contributed by atoms with Gasteiger partial charge in [0.05, 0.1) is 11.1 Å². The average molecular weight is 387 g/mol. The lowest BCUT2D eigenvalue weighted by molar-refractivity contribution is 0.102. The van der Waals surface area contributed by atoms with Crippen molar-refractivity contribution < 1.29 is 9.90 Å². The number of aromatic hydroxyl groups is 1. The van der Waals surface area contributed by atoms with Crippen LogP contribution in [-0.2, 0) is 0 Å². The minimum atomic E-state index is -0.298. The van der Waals surface area contributed by atoms with Gasteiger partial charge in [-0.3, -0.25) is 9.89 Å². The van der Waals surface area contributed by atoms with Crippen molar-refractivity contribution in [1.82, 2.24) is 15.2 Å². The van der Waals surface area contributed by atoms with E-state index in [1.54, 1.807) is 12.1 Å². The van der Waals surface area contributed by atoms with Crippen molar-refractivity contribution in [1.29, 1.82) is 0 Å². The van der Waals surface area contributed by atoms with E-state index in [0.29, 0.717) is 22.7 Å². The molecule has 4 rings (SSSR count). The summed E-state index contributed by atoms with van der Waals surface area (Å²) in [6, 6.07) is 11.9. The molecule has 0 aliphatic heterocycles. The number of nitrogens with one attached hydrogen (secondary N) is 2. The molecular formula is C22H21N5O2. The van der Waals surface area contributed by atoms with Crippen LogP contribution in [0.1, 0.15) is 27.0 Å². The lowest BCUT2D eigenvalue weighted by Crippen LogP contribution is -2.12. The third-order valence-electron chi connectivity index (χ3n) is 5.15. The van der Waals surface area contributed by atoms with Crippen LogP contribution in [0, 0.1) is 20.8 Å². The van der Waals surface area contributed by atoms with Gasteiger partial charge >= 0.3 is 0 Å². The number of aromatic amines is 1. The number of phenols is 1. The summed E-state index contributed by atoms with van der Waals surface area (Å²) in [5.74, 6) is 0.182. The van der Waals surface area contributed by atoms with E-state index < -0.39 is 0 Å². The molecule has 0 aliphatic rings. The summed E-state index contributed by atoms with van der Waals surface area (Å²) >= 11 is 0. The first kappa shape index (κ1) is 18.5. The number of fused-ring (bicyclic) bond motifs is 1. The molecule has 0 fully saturated rings. The van der Waals surface area contributed by atoms with Crippen LogP contribution >= 0.6 is 0 Å². The first-order valence-corrected chi connectivity index (χ1v) is 9.17. The van der Waals surface area contributed by atoms with Crippen molar-refractivity contribution in [2.45, 2.75) is 20.8 Å². The summed E-state index contributed by atoms with van der Waals surface area (Å²) < 4.78 is 0. The van der Waals surface area contributed by atoms with Gasteiger partial charge in [0.1, 0.15) is 5.75 Å². The second kappa shape index (κ2) is 6.94. The highest BCUT2D eigenvalue weighted by atomic mass is 16.3. The Labute approximate surface area is 167 Å². The molecule has 1 amide bonds. The van der Waals surface area contributed by atoms with Crippen molar-refractivity contribution in [3.8, 4) is 17.0 Å². The number of hydrogen-bond acceptors (Lipinski definition) is 5. The molecule has 0 saturated carbocycles. The molecule has 0 aliphatic carbocycles. The highest BCUT2D eigenvalue weighted by Crippen LogP contribution is 2.33. The first-order chi connectivity index (χ1) is 13.8. The third kappa shape index (κ3) is 3.27. The highest BCUT2D eigenvalue weighted by molar-refractivity contribution is 6.05. The fourth-order valence-corrected chi connectivity index (χ4v) is 3.43. The summed E-state index contributed by atoms with van der Waals surface area (Å²) in [4.78, 5) is 17.3. The van der Waals surface area contributed by atoms with Gasteiger partial charge in [0.15, 0.2) is 11.5 Å². The molecule has 0 atom stereocenters. The maximum Gasteiger partial charge on any atom is 0.255 e. The number of anilines is 2. The lowest BCUT2D eigenvalue weighted by Gasteiger charge is -2.14. The largest absolute Gasteiger partial charge is 0.508 e. The molecule has 0 radical (unpaired) electrons. The average Bonchev–Trinajstić information content (AvgIpc) is 3.07. The minimum absolute atomic E-state index is 0.0460. The molecule has 0 saturated heterocycles. The molecule has 2 heterocycles. The Morgan fingerprint density at radius 2 is 1.90 bits per heavy atom. The Bertz CT molecular complexity index is 1260. The lowest BCUT2D eigenvalue weighted by atomic mass is 9.97. The zero-order valence-corrected chi connectivity index (χ0v) is 16.4.